The van der Waals surface area contributed by atoms with Gasteiger partial charge in [-0.15, -0.1) is 11.3 Å². The van der Waals surface area contributed by atoms with Crippen LogP contribution >= 0.6 is 11.3 Å². The van der Waals surface area contributed by atoms with Crippen LogP contribution in [0.25, 0.3) is 22.4 Å². The van der Waals surface area contributed by atoms with Crippen LogP contribution in [0.15, 0.2) is 53.9 Å². The average molecular weight is 449 g/mol. The maximum atomic E-state index is 12.9. The monoisotopic (exact) mass is 448 g/mol. The van der Waals surface area contributed by atoms with Gasteiger partial charge in [0.1, 0.15) is 5.60 Å². The summed E-state index contributed by atoms with van der Waals surface area (Å²) in [6, 6.07) is 15.7. The lowest BCUT2D eigenvalue weighted by Crippen LogP contribution is -2.53. The number of carbonyl (C=O) groups is 2. The van der Waals surface area contributed by atoms with Gasteiger partial charge in [0.2, 0.25) is 0 Å². The lowest BCUT2D eigenvalue weighted by atomic mass is 10.0. The number of anilines is 1. The zero-order valence-electron chi connectivity index (χ0n) is 17.5. The Bertz CT molecular complexity index is 1160. The zero-order valence-corrected chi connectivity index (χ0v) is 18.3. The van der Waals surface area contributed by atoms with Crippen molar-refractivity contribution in [3.8, 4) is 22.4 Å². The minimum atomic E-state index is -1.15. The summed E-state index contributed by atoms with van der Waals surface area (Å²) in [6.07, 6.45) is 1.08. The van der Waals surface area contributed by atoms with E-state index in [1.807, 2.05) is 47.8 Å². The van der Waals surface area contributed by atoms with E-state index < -0.39 is 5.60 Å². The van der Waals surface area contributed by atoms with Gasteiger partial charge >= 0.3 is 0 Å². The fraction of sp³-hybridized carbons (Fsp3) is 0.292. The van der Waals surface area contributed by atoms with Gasteiger partial charge < -0.3 is 20.6 Å². The van der Waals surface area contributed by atoms with Crippen LogP contribution in [0.4, 0.5) is 5.13 Å². The molecule has 0 radical (unpaired) electrons. The van der Waals surface area contributed by atoms with Gasteiger partial charge in [-0.3, -0.25) is 9.59 Å². The maximum absolute atomic E-state index is 12.9. The number of nitrogen functional groups attached to an aromatic ring is 1. The summed E-state index contributed by atoms with van der Waals surface area (Å²) >= 11 is 1.42. The molecule has 2 aliphatic rings. The van der Waals surface area contributed by atoms with Gasteiger partial charge in [0, 0.05) is 42.7 Å². The van der Waals surface area contributed by atoms with Crippen LogP contribution in [-0.4, -0.2) is 63.5 Å². The first kappa shape index (κ1) is 20.7. The Kier molecular flexibility index (Phi) is 5.19. The van der Waals surface area contributed by atoms with Gasteiger partial charge in [-0.2, -0.15) is 0 Å². The number of hydrogen-bond donors (Lipinski definition) is 2. The smallest absolute Gasteiger partial charge is 0.254 e. The molecule has 3 N–H and O–H groups in total. The van der Waals surface area contributed by atoms with E-state index in [4.69, 9.17) is 5.73 Å². The highest BCUT2D eigenvalue weighted by Gasteiger charge is 2.50. The van der Waals surface area contributed by atoms with Crippen molar-refractivity contribution in [1.29, 1.82) is 0 Å². The van der Waals surface area contributed by atoms with Crippen molar-refractivity contribution >= 4 is 28.3 Å². The molecule has 1 saturated heterocycles. The molecule has 3 aromatic rings. The van der Waals surface area contributed by atoms with Crippen molar-refractivity contribution in [2.45, 2.75) is 18.4 Å². The molecule has 1 aromatic heterocycles. The molecule has 7 nitrogen and oxygen atoms in total. The molecule has 8 heteroatoms. The molecule has 1 saturated carbocycles. The van der Waals surface area contributed by atoms with E-state index in [9.17, 15) is 14.7 Å². The number of piperazine rings is 1. The minimum absolute atomic E-state index is 0.0412. The zero-order chi connectivity index (χ0) is 22.3. The second-order valence-corrected chi connectivity index (χ2v) is 9.23. The lowest BCUT2D eigenvalue weighted by molar-refractivity contribution is -0.143. The normalized spacial score (nSPS) is 17.3. The summed E-state index contributed by atoms with van der Waals surface area (Å²) in [6.45, 7) is 1.86. The molecule has 164 valence electrons. The Morgan fingerprint density at radius 3 is 2.22 bits per heavy atom. The molecule has 1 aliphatic heterocycles. The average Bonchev–Trinajstić information content (AvgIpc) is 3.44. The molecular weight excluding hydrogens is 424 g/mol. The predicted molar refractivity (Wildman–Crippen MR) is 124 cm³/mol. The molecule has 2 amide bonds. The quantitative estimate of drug-likeness (QED) is 0.639. The van der Waals surface area contributed by atoms with Crippen LogP contribution in [-0.2, 0) is 4.79 Å². The molecule has 2 heterocycles. The van der Waals surface area contributed by atoms with E-state index in [1.165, 1.54) is 11.3 Å². The summed E-state index contributed by atoms with van der Waals surface area (Å²) in [7, 11) is 0. The van der Waals surface area contributed by atoms with Crippen LogP contribution in [0, 0.1) is 0 Å². The summed E-state index contributed by atoms with van der Waals surface area (Å²) in [5.41, 5.74) is 9.14. The fourth-order valence-electron chi connectivity index (χ4n) is 4.01. The number of aliphatic hydroxyl groups is 1. The third-order valence-electron chi connectivity index (χ3n) is 6.12. The fourth-order valence-corrected chi connectivity index (χ4v) is 4.58. The first-order chi connectivity index (χ1) is 15.4. The molecule has 0 bridgehead atoms. The highest BCUT2D eigenvalue weighted by molar-refractivity contribution is 7.13. The van der Waals surface area contributed by atoms with Crippen molar-refractivity contribution in [2.75, 3.05) is 31.9 Å². The molecule has 5 rings (SSSR count). The Morgan fingerprint density at radius 1 is 0.938 bits per heavy atom. The summed E-state index contributed by atoms with van der Waals surface area (Å²) in [4.78, 5) is 33.0. The number of carbonyl (C=O) groups excluding carboxylic acids is 2. The number of rotatable bonds is 4. The topological polar surface area (TPSA) is 99.8 Å². The van der Waals surface area contributed by atoms with Gasteiger partial charge in [-0.25, -0.2) is 4.98 Å². The third kappa shape index (κ3) is 3.99. The largest absolute Gasteiger partial charge is 0.380 e. The first-order valence-corrected chi connectivity index (χ1v) is 11.5. The number of thiazole rings is 1. The Hall–Kier alpha value is -3.23. The van der Waals surface area contributed by atoms with Crippen molar-refractivity contribution < 1.29 is 14.7 Å². The predicted octanol–water partition coefficient (Wildman–Crippen LogP) is 2.87. The number of hydrogen-bond acceptors (Lipinski definition) is 6. The molecule has 0 atom stereocenters. The van der Waals surface area contributed by atoms with E-state index >= 15 is 0 Å². The van der Waals surface area contributed by atoms with Crippen LogP contribution in [0.3, 0.4) is 0 Å². The Morgan fingerprint density at radius 2 is 1.59 bits per heavy atom. The van der Waals surface area contributed by atoms with E-state index in [1.54, 1.807) is 9.80 Å². The maximum Gasteiger partial charge on any atom is 0.254 e. The second-order valence-electron chi connectivity index (χ2n) is 8.35. The van der Waals surface area contributed by atoms with E-state index in [-0.39, 0.29) is 11.8 Å². The van der Waals surface area contributed by atoms with Gasteiger partial charge in [-0.05, 0) is 42.2 Å². The van der Waals surface area contributed by atoms with E-state index in [0.29, 0.717) is 49.7 Å². The van der Waals surface area contributed by atoms with Gasteiger partial charge in [-0.1, -0.05) is 30.3 Å². The van der Waals surface area contributed by atoms with E-state index in [2.05, 4.69) is 11.1 Å². The number of aromatic nitrogens is 1. The van der Waals surface area contributed by atoms with Crippen molar-refractivity contribution in [3.05, 3.63) is 59.5 Å². The van der Waals surface area contributed by atoms with Crippen LogP contribution in [0.2, 0.25) is 0 Å². The number of amides is 2. The lowest BCUT2D eigenvalue weighted by Gasteiger charge is -2.35. The molecule has 2 fully saturated rings. The highest BCUT2D eigenvalue weighted by atomic mass is 32.1. The van der Waals surface area contributed by atoms with Crippen LogP contribution in [0.1, 0.15) is 23.2 Å². The van der Waals surface area contributed by atoms with Crippen LogP contribution in [0.5, 0.6) is 0 Å². The number of benzene rings is 2. The molecule has 1 aliphatic carbocycles. The van der Waals surface area contributed by atoms with Gasteiger partial charge in [0.25, 0.3) is 11.8 Å². The SMILES string of the molecule is Nc1nc(-c2cccc(-c3ccc(C(=O)N4CCN(C(=O)C5(O)CC5)CC4)cc3)c2)cs1. The molecule has 0 spiro atoms. The first-order valence-electron chi connectivity index (χ1n) is 10.7. The molecular formula is C24H24N4O3S. The second kappa shape index (κ2) is 8.03. The number of nitrogens with zero attached hydrogens (tertiary/aromatic N) is 3. The van der Waals surface area contributed by atoms with Crippen LogP contribution < -0.4 is 5.73 Å². The van der Waals surface area contributed by atoms with E-state index in [0.717, 1.165) is 22.4 Å². The van der Waals surface area contributed by atoms with Crippen molar-refractivity contribution in [3.63, 3.8) is 0 Å². The Labute approximate surface area is 190 Å². The minimum Gasteiger partial charge on any atom is -0.380 e. The standard InChI is InChI=1S/C24H24N4O3S/c25-23-26-20(15-32-23)19-3-1-2-18(14-19)16-4-6-17(7-5-16)21(29)27-10-12-28(13-11-27)22(30)24(31)8-9-24/h1-7,14-15,31H,8-13H2,(H2,25,26). The summed E-state index contributed by atoms with van der Waals surface area (Å²) in [5, 5.41) is 12.5. The van der Waals surface area contributed by atoms with Crippen molar-refractivity contribution in [2.24, 2.45) is 0 Å². The summed E-state index contributed by atoms with van der Waals surface area (Å²) in [5.74, 6) is -0.239. The highest BCUT2D eigenvalue weighted by Crippen LogP contribution is 2.37. The third-order valence-corrected chi connectivity index (χ3v) is 6.80. The van der Waals surface area contributed by atoms with Gasteiger partial charge in [0.05, 0.1) is 5.69 Å². The molecule has 0 unspecified atom stereocenters. The number of nitrogens with two attached hydrogens (primary N) is 1. The molecule has 32 heavy (non-hydrogen) atoms. The Balaban J connectivity index is 1.25. The van der Waals surface area contributed by atoms with Crippen molar-refractivity contribution in [1.82, 2.24) is 14.8 Å². The molecule has 2 aromatic carbocycles. The summed E-state index contributed by atoms with van der Waals surface area (Å²) < 4.78 is 0. The van der Waals surface area contributed by atoms with Gasteiger partial charge in [0.15, 0.2) is 5.13 Å².